The zero-order valence-electron chi connectivity index (χ0n) is 16.6. The van der Waals surface area contributed by atoms with Crippen LogP contribution in [-0.2, 0) is 9.53 Å². The highest BCUT2D eigenvalue weighted by atomic mass is 16.6. The fourth-order valence-corrected chi connectivity index (χ4v) is 4.28. The van der Waals surface area contributed by atoms with Crippen molar-refractivity contribution in [3.8, 4) is 0 Å². The molecule has 6 nitrogen and oxygen atoms in total. The Morgan fingerprint density at radius 2 is 1.89 bits per heavy atom. The van der Waals surface area contributed by atoms with Crippen molar-refractivity contribution in [3.63, 3.8) is 0 Å². The lowest BCUT2D eigenvalue weighted by atomic mass is 9.98. The lowest BCUT2D eigenvalue weighted by Gasteiger charge is -2.30. The summed E-state index contributed by atoms with van der Waals surface area (Å²) < 4.78 is 5.56. The van der Waals surface area contributed by atoms with Crippen molar-refractivity contribution >= 4 is 28.5 Å². The topological polar surface area (TPSA) is 70.7 Å². The summed E-state index contributed by atoms with van der Waals surface area (Å²) in [7, 11) is 0. The van der Waals surface area contributed by atoms with Crippen LogP contribution in [-0.4, -0.2) is 47.7 Å². The summed E-state index contributed by atoms with van der Waals surface area (Å²) in [5, 5.41) is 8.59. The van der Waals surface area contributed by atoms with Gasteiger partial charge in [0.05, 0.1) is 12.0 Å². The first kappa shape index (κ1) is 18.7. The van der Waals surface area contributed by atoms with Gasteiger partial charge in [-0.05, 0) is 38.6 Å². The van der Waals surface area contributed by atoms with E-state index in [1.54, 1.807) is 4.90 Å². The fourth-order valence-electron chi connectivity index (χ4n) is 4.28. The third-order valence-electron chi connectivity index (χ3n) is 5.48. The molecule has 2 aromatic rings. The smallest absolute Gasteiger partial charge is 0.410 e. The highest BCUT2D eigenvalue weighted by Crippen LogP contribution is 2.32. The first-order valence-corrected chi connectivity index (χ1v) is 9.85. The van der Waals surface area contributed by atoms with Gasteiger partial charge in [-0.1, -0.05) is 36.4 Å². The molecule has 2 amide bonds. The average molecular weight is 381 g/mol. The van der Waals surface area contributed by atoms with Crippen LogP contribution >= 0.6 is 0 Å². The summed E-state index contributed by atoms with van der Waals surface area (Å²) in [6.07, 6.45) is 0.494. The number of amides is 2. The number of rotatable bonds is 2. The van der Waals surface area contributed by atoms with Gasteiger partial charge in [-0.3, -0.25) is 4.79 Å². The molecule has 2 fully saturated rings. The van der Waals surface area contributed by atoms with Crippen molar-refractivity contribution in [2.75, 3.05) is 18.4 Å². The van der Waals surface area contributed by atoms with Crippen molar-refractivity contribution in [1.82, 2.24) is 10.2 Å². The third-order valence-corrected chi connectivity index (χ3v) is 5.48. The molecule has 28 heavy (non-hydrogen) atoms. The quantitative estimate of drug-likeness (QED) is 0.837. The normalized spacial score (nSPS) is 24.2. The molecule has 2 aromatic carbocycles. The second-order valence-corrected chi connectivity index (χ2v) is 8.59. The van der Waals surface area contributed by atoms with Crippen LogP contribution in [0.5, 0.6) is 0 Å². The van der Waals surface area contributed by atoms with Gasteiger partial charge < -0.3 is 20.3 Å². The molecule has 0 radical (unpaired) electrons. The van der Waals surface area contributed by atoms with E-state index in [1.807, 2.05) is 63.2 Å². The predicted octanol–water partition coefficient (Wildman–Crippen LogP) is 3.38. The lowest BCUT2D eigenvalue weighted by molar-refractivity contribution is -0.120. The molecule has 0 spiro atoms. The molecular formula is C22H27N3O3. The predicted molar refractivity (Wildman–Crippen MR) is 109 cm³/mol. The minimum atomic E-state index is -0.554. The Labute approximate surface area is 165 Å². The maximum atomic E-state index is 13.1. The Morgan fingerprint density at radius 1 is 1.14 bits per heavy atom. The third kappa shape index (κ3) is 3.56. The first-order valence-electron chi connectivity index (χ1n) is 9.85. The summed E-state index contributed by atoms with van der Waals surface area (Å²) in [4.78, 5) is 27.5. The summed E-state index contributed by atoms with van der Waals surface area (Å²) >= 11 is 0. The number of carbonyl (C=O) groups excluding carboxylic acids is 2. The number of nitrogens with zero attached hydrogens (tertiary/aromatic N) is 1. The Kier molecular flexibility index (Phi) is 4.75. The monoisotopic (exact) mass is 381 g/mol. The number of hydrogen-bond acceptors (Lipinski definition) is 4. The maximum Gasteiger partial charge on any atom is 0.410 e. The van der Waals surface area contributed by atoms with E-state index in [0.29, 0.717) is 13.1 Å². The maximum absolute atomic E-state index is 13.1. The van der Waals surface area contributed by atoms with Crippen LogP contribution < -0.4 is 10.6 Å². The fraction of sp³-hybridized carbons (Fsp3) is 0.455. The number of carbonyl (C=O) groups is 2. The second kappa shape index (κ2) is 7.09. The summed E-state index contributed by atoms with van der Waals surface area (Å²) in [5.74, 6) is -0.370. The minimum absolute atomic E-state index is 0.0631. The zero-order valence-corrected chi connectivity index (χ0v) is 16.6. The lowest BCUT2D eigenvalue weighted by Crippen LogP contribution is -2.47. The molecular weight excluding hydrogens is 354 g/mol. The van der Waals surface area contributed by atoms with E-state index in [-0.39, 0.29) is 30.0 Å². The van der Waals surface area contributed by atoms with Crippen LogP contribution in [0.1, 0.15) is 27.2 Å². The van der Waals surface area contributed by atoms with Gasteiger partial charge in [-0.15, -0.1) is 0 Å². The van der Waals surface area contributed by atoms with E-state index in [2.05, 4.69) is 10.6 Å². The van der Waals surface area contributed by atoms with E-state index >= 15 is 0 Å². The molecule has 148 valence electrons. The Bertz CT molecular complexity index is 900. The average Bonchev–Trinajstić information content (AvgIpc) is 3.22. The van der Waals surface area contributed by atoms with Crippen LogP contribution in [0.2, 0.25) is 0 Å². The molecule has 2 aliphatic heterocycles. The summed E-state index contributed by atoms with van der Waals surface area (Å²) in [6, 6.07) is 13.8. The molecule has 0 unspecified atom stereocenters. The van der Waals surface area contributed by atoms with Gasteiger partial charge in [0, 0.05) is 30.2 Å². The Hall–Kier alpha value is -2.60. The van der Waals surface area contributed by atoms with Gasteiger partial charge in [0.15, 0.2) is 0 Å². The molecule has 3 atom stereocenters. The van der Waals surface area contributed by atoms with Crippen LogP contribution in [0.4, 0.5) is 10.5 Å². The molecule has 0 aliphatic carbocycles. The van der Waals surface area contributed by atoms with Gasteiger partial charge in [0.2, 0.25) is 5.91 Å². The highest BCUT2D eigenvalue weighted by molar-refractivity contribution is 6.03. The Morgan fingerprint density at radius 3 is 2.68 bits per heavy atom. The van der Waals surface area contributed by atoms with Crippen molar-refractivity contribution in [2.45, 2.75) is 44.9 Å². The van der Waals surface area contributed by atoms with Crippen molar-refractivity contribution in [2.24, 2.45) is 5.92 Å². The van der Waals surface area contributed by atoms with Crippen molar-refractivity contribution in [1.29, 1.82) is 0 Å². The molecule has 6 heteroatoms. The van der Waals surface area contributed by atoms with E-state index in [9.17, 15) is 9.59 Å². The molecule has 0 bridgehead atoms. The number of anilines is 1. The van der Waals surface area contributed by atoms with Gasteiger partial charge in [0.1, 0.15) is 5.60 Å². The molecule has 0 saturated carbocycles. The molecule has 4 rings (SSSR count). The number of hydrogen-bond donors (Lipinski definition) is 2. The van der Waals surface area contributed by atoms with E-state index in [0.717, 1.165) is 22.9 Å². The summed E-state index contributed by atoms with van der Waals surface area (Å²) in [5.41, 5.74) is 0.246. The molecule has 2 aliphatic rings. The number of fused-ring (bicyclic) bond motifs is 2. The second-order valence-electron chi connectivity index (χ2n) is 8.59. The molecule has 0 aromatic heterocycles. The van der Waals surface area contributed by atoms with Gasteiger partial charge >= 0.3 is 6.09 Å². The van der Waals surface area contributed by atoms with Crippen LogP contribution in [0, 0.1) is 5.92 Å². The van der Waals surface area contributed by atoms with E-state index in [4.69, 9.17) is 4.74 Å². The Balaban J connectivity index is 1.53. The summed E-state index contributed by atoms with van der Waals surface area (Å²) in [6.45, 7) is 6.74. The SMILES string of the molecule is CC(C)(C)OC(=O)N1CC[C@H]2NC[C@H](C(=O)Nc3cccc4ccccc34)[C@H]21. The first-order chi connectivity index (χ1) is 13.3. The van der Waals surface area contributed by atoms with Crippen molar-refractivity contribution in [3.05, 3.63) is 42.5 Å². The van der Waals surface area contributed by atoms with Crippen LogP contribution in [0.3, 0.4) is 0 Å². The van der Waals surface area contributed by atoms with Gasteiger partial charge in [0.25, 0.3) is 0 Å². The van der Waals surface area contributed by atoms with E-state index in [1.165, 1.54) is 0 Å². The number of benzene rings is 2. The van der Waals surface area contributed by atoms with Crippen LogP contribution in [0.25, 0.3) is 10.8 Å². The number of nitrogens with one attached hydrogen (secondary N) is 2. The minimum Gasteiger partial charge on any atom is -0.444 e. The molecule has 2 N–H and O–H groups in total. The van der Waals surface area contributed by atoms with Gasteiger partial charge in [-0.25, -0.2) is 4.79 Å². The van der Waals surface area contributed by atoms with Crippen LogP contribution in [0.15, 0.2) is 42.5 Å². The van der Waals surface area contributed by atoms with Crippen molar-refractivity contribution < 1.29 is 14.3 Å². The number of likely N-dealkylation sites (tertiary alicyclic amines) is 1. The van der Waals surface area contributed by atoms with Gasteiger partial charge in [-0.2, -0.15) is 0 Å². The standard InChI is InChI=1S/C22H27N3O3/c1-22(2,3)28-21(27)25-12-11-18-19(25)16(13-23-18)20(26)24-17-10-6-8-14-7-4-5-9-15(14)17/h4-10,16,18-19,23H,11-13H2,1-3H3,(H,24,26)/t16-,18+,19+/m0/s1. The largest absolute Gasteiger partial charge is 0.444 e. The molecule has 2 heterocycles. The zero-order chi connectivity index (χ0) is 19.9. The van der Waals surface area contributed by atoms with E-state index < -0.39 is 5.60 Å². The molecule has 2 saturated heterocycles. The highest BCUT2D eigenvalue weighted by Gasteiger charge is 2.49. The number of ether oxygens (including phenoxy) is 1.